The van der Waals surface area contributed by atoms with Crippen molar-refractivity contribution in [1.82, 2.24) is 0 Å². The van der Waals surface area contributed by atoms with Gasteiger partial charge < -0.3 is 13.7 Å². The maximum Gasteiger partial charge on any atom is 0.293 e. The molecule has 0 N–H and O–H groups in total. The van der Waals surface area contributed by atoms with Gasteiger partial charge in [0.05, 0.1) is 19.2 Å². The summed E-state index contributed by atoms with van der Waals surface area (Å²) in [4.78, 5) is 11.5. The summed E-state index contributed by atoms with van der Waals surface area (Å²) in [7, 11) is 1.59. The summed E-state index contributed by atoms with van der Waals surface area (Å²) in [5.41, 5.74) is 1.89. The molecule has 0 fully saturated rings. The third-order valence-electron chi connectivity index (χ3n) is 3.18. The lowest BCUT2D eigenvalue weighted by atomic mass is 10.0. The minimum absolute atomic E-state index is 0.161. The molecule has 0 saturated heterocycles. The van der Waals surface area contributed by atoms with Gasteiger partial charge in [-0.15, -0.1) is 0 Å². The third kappa shape index (κ3) is 3.95. The zero-order valence-corrected chi connectivity index (χ0v) is 13.4. The summed E-state index contributed by atoms with van der Waals surface area (Å²) in [5, 5.41) is 0. The van der Waals surface area contributed by atoms with Gasteiger partial charge >= 0.3 is 0 Å². The maximum absolute atomic E-state index is 10.5. The van der Waals surface area contributed by atoms with Crippen LogP contribution in [0.15, 0.2) is 47.4 Å². The highest BCUT2D eigenvalue weighted by Gasteiger charge is 2.16. The normalized spacial score (nSPS) is 10.1. The zero-order valence-electron chi connectivity index (χ0n) is 12.6. The Morgan fingerprint density at radius 3 is 2.55 bits per heavy atom. The summed E-state index contributed by atoms with van der Waals surface area (Å²) in [6, 6.07) is 13.6. The molecule has 0 heterocycles. The molecule has 0 spiro atoms. The van der Waals surface area contributed by atoms with Crippen LogP contribution in [-0.2, 0) is 22.6 Å². The van der Waals surface area contributed by atoms with E-state index >= 15 is 0 Å². The Morgan fingerprint density at radius 2 is 1.91 bits per heavy atom. The number of aryl methyl sites for hydroxylation is 1. The van der Waals surface area contributed by atoms with Crippen molar-refractivity contribution in [3.05, 3.63) is 53.6 Å². The van der Waals surface area contributed by atoms with E-state index in [4.69, 9.17) is 13.7 Å². The van der Waals surface area contributed by atoms with Crippen molar-refractivity contribution in [3.8, 4) is 11.5 Å². The molecule has 0 amide bonds. The number of hydrogen-bond donors (Lipinski definition) is 0. The first kappa shape index (κ1) is 16.2. The maximum atomic E-state index is 10.5. The van der Waals surface area contributed by atoms with E-state index in [0.29, 0.717) is 18.0 Å². The Bertz CT molecular complexity index is 614. The van der Waals surface area contributed by atoms with Crippen LogP contribution in [0.3, 0.4) is 0 Å². The van der Waals surface area contributed by atoms with Gasteiger partial charge in [-0.05, 0) is 30.2 Å². The SMILES string of the molecule is CCc1ccc(OC)c(OSc2ccccc2)c1COC=O. The molecule has 2 aromatic rings. The summed E-state index contributed by atoms with van der Waals surface area (Å²) in [6.45, 7) is 2.64. The zero-order chi connectivity index (χ0) is 15.8. The number of rotatable bonds is 8. The Hall–Kier alpha value is -2.14. The van der Waals surface area contributed by atoms with Gasteiger partial charge in [-0.25, -0.2) is 0 Å². The number of methoxy groups -OCH3 is 1. The molecular formula is C17H18O4S. The predicted molar refractivity (Wildman–Crippen MR) is 86.2 cm³/mol. The van der Waals surface area contributed by atoms with Gasteiger partial charge in [0.15, 0.2) is 11.5 Å². The Morgan fingerprint density at radius 1 is 1.14 bits per heavy atom. The van der Waals surface area contributed by atoms with E-state index in [-0.39, 0.29) is 6.61 Å². The molecule has 4 nitrogen and oxygen atoms in total. The van der Waals surface area contributed by atoms with E-state index in [9.17, 15) is 4.79 Å². The molecule has 0 atom stereocenters. The van der Waals surface area contributed by atoms with Crippen LogP contribution >= 0.6 is 12.0 Å². The number of hydrogen-bond acceptors (Lipinski definition) is 5. The van der Waals surface area contributed by atoms with Crippen molar-refractivity contribution < 1.29 is 18.5 Å². The van der Waals surface area contributed by atoms with Gasteiger partial charge in [-0.3, -0.25) is 4.79 Å². The van der Waals surface area contributed by atoms with Crippen molar-refractivity contribution in [2.75, 3.05) is 7.11 Å². The first-order valence-electron chi connectivity index (χ1n) is 6.93. The second-order valence-electron chi connectivity index (χ2n) is 4.48. The monoisotopic (exact) mass is 318 g/mol. The quantitative estimate of drug-likeness (QED) is 0.543. The van der Waals surface area contributed by atoms with Crippen LogP contribution in [0, 0.1) is 0 Å². The van der Waals surface area contributed by atoms with Crippen molar-refractivity contribution in [3.63, 3.8) is 0 Å². The Balaban J connectivity index is 2.30. The molecule has 0 bridgehead atoms. The molecule has 0 unspecified atom stereocenters. The molecule has 2 aromatic carbocycles. The van der Waals surface area contributed by atoms with Crippen LogP contribution in [-0.4, -0.2) is 13.6 Å². The highest BCUT2D eigenvalue weighted by atomic mass is 32.2. The number of carbonyl (C=O) groups excluding carboxylic acids is 1. The van der Waals surface area contributed by atoms with Crippen LogP contribution in [0.4, 0.5) is 0 Å². The minimum Gasteiger partial charge on any atom is -0.493 e. The lowest BCUT2D eigenvalue weighted by Crippen LogP contribution is -2.02. The van der Waals surface area contributed by atoms with E-state index in [1.165, 1.54) is 12.0 Å². The average molecular weight is 318 g/mol. The van der Waals surface area contributed by atoms with Crippen LogP contribution in [0.2, 0.25) is 0 Å². The van der Waals surface area contributed by atoms with E-state index in [0.717, 1.165) is 22.4 Å². The second-order valence-corrected chi connectivity index (χ2v) is 5.28. The lowest BCUT2D eigenvalue weighted by molar-refractivity contribution is -0.129. The highest BCUT2D eigenvalue weighted by molar-refractivity contribution is 7.95. The molecule has 2 rings (SSSR count). The number of benzene rings is 2. The fourth-order valence-electron chi connectivity index (χ4n) is 2.07. The van der Waals surface area contributed by atoms with E-state index in [1.807, 2.05) is 49.4 Å². The molecule has 22 heavy (non-hydrogen) atoms. The topological polar surface area (TPSA) is 44.8 Å². The van der Waals surface area contributed by atoms with Gasteiger partial charge in [0, 0.05) is 10.5 Å². The number of ether oxygens (including phenoxy) is 2. The lowest BCUT2D eigenvalue weighted by Gasteiger charge is -2.16. The molecule has 0 aliphatic heterocycles. The molecule has 0 radical (unpaired) electrons. The van der Waals surface area contributed by atoms with Gasteiger partial charge in [-0.1, -0.05) is 31.2 Å². The van der Waals surface area contributed by atoms with E-state index in [2.05, 4.69) is 0 Å². The van der Waals surface area contributed by atoms with Gasteiger partial charge in [-0.2, -0.15) is 0 Å². The molecule has 116 valence electrons. The molecule has 0 saturated carbocycles. The van der Waals surface area contributed by atoms with Gasteiger partial charge in [0.1, 0.15) is 6.61 Å². The standard InChI is InChI=1S/C17H18O4S/c1-3-13-9-10-16(19-2)17(15(13)11-20-12-18)21-22-14-7-5-4-6-8-14/h4-10,12H,3,11H2,1-2H3. The van der Waals surface area contributed by atoms with Crippen molar-refractivity contribution >= 4 is 18.5 Å². The first-order valence-corrected chi connectivity index (χ1v) is 7.67. The van der Waals surface area contributed by atoms with Crippen molar-refractivity contribution in [1.29, 1.82) is 0 Å². The summed E-state index contributed by atoms with van der Waals surface area (Å²) in [6.07, 6.45) is 0.813. The Labute approximate surface area is 134 Å². The smallest absolute Gasteiger partial charge is 0.293 e. The minimum atomic E-state index is 0.161. The van der Waals surface area contributed by atoms with Crippen molar-refractivity contribution in [2.45, 2.75) is 24.8 Å². The van der Waals surface area contributed by atoms with E-state index < -0.39 is 0 Å². The fraction of sp³-hybridized carbons (Fsp3) is 0.235. The molecule has 5 heteroatoms. The van der Waals surface area contributed by atoms with E-state index in [1.54, 1.807) is 7.11 Å². The molecule has 0 aromatic heterocycles. The average Bonchev–Trinajstić information content (AvgIpc) is 2.58. The van der Waals surface area contributed by atoms with Gasteiger partial charge in [0.2, 0.25) is 0 Å². The van der Waals surface area contributed by atoms with Crippen LogP contribution in [0.5, 0.6) is 11.5 Å². The summed E-state index contributed by atoms with van der Waals surface area (Å²) in [5.74, 6) is 1.21. The number of carbonyl (C=O) groups is 1. The summed E-state index contributed by atoms with van der Waals surface area (Å²) < 4.78 is 16.2. The van der Waals surface area contributed by atoms with Crippen molar-refractivity contribution in [2.24, 2.45) is 0 Å². The largest absolute Gasteiger partial charge is 0.493 e. The Kier molecular flexibility index (Phi) is 6.15. The molecular weight excluding hydrogens is 300 g/mol. The highest BCUT2D eigenvalue weighted by Crippen LogP contribution is 2.38. The van der Waals surface area contributed by atoms with Crippen LogP contribution in [0.1, 0.15) is 18.1 Å². The second kappa shape index (κ2) is 8.34. The molecule has 0 aliphatic rings. The fourth-order valence-corrected chi connectivity index (χ4v) is 2.70. The summed E-state index contributed by atoms with van der Waals surface area (Å²) >= 11 is 1.25. The first-order chi connectivity index (χ1) is 10.8. The third-order valence-corrected chi connectivity index (χ3v) is 3.90. The predicted octanol–water partition coefficient (Wildman–Crippen LogP) is 4.02. The van der Waals surface area contributed by atoms with Crippen LogP contribution < -0.4 is 8.92 Å². The van der Waals surface area contributed by atoms with Gasteiger partial charge in [0.25, 0.3) is 6.47 Å². The molecule has 0 aliphatic carbocycles. The van der Waals surface area contributed by atoms with Crippen LogP contribution in [0.25, 0.3) is 0 Å².